The molecule has 0 atom stereocenters. The normalized spacial score (nSPS) is 9.48. The molecule has 0 spiro atoms. The Bertz CT molecular complexity index is 776. The number of hydrogen-bond acceptors (Lipinski definition) is 3. The van der Waals surface area contributed by atoms with Crippen molar-refractivity contribution in [1.82, 2.24) is 10.6 Å². The number of ether oxygens (including phenoxy) is 1. The van der Waals surface area contributed by atoms with Crippen molar-refractivity contribution in [2.24, 2.45) is 0 Å². The van der Waals surface area contributed by atoms with E-state index in [-0.39, 0.29) is 31.5 Å². The second kappa shape index (κ2) is 9.78. The summed E-state index contributed by atoms with van der Waals surface area (Å²) in [4.78, 5) is 23.4. The molecule has 5 heteroatoms. The summed E-state index contributed by atoms with van der Waals surface area (Å²) in [5.74, 6) is 5.86. The summed E-state index contributed by atoms with van der Waals surface area (Å²) in [5, 5.41) is 5.17. The van der Waals surface area contributed by atoms with Crippen LogP contribution in [0.2, 0.25) is 0 Å². The summed E-state index contributed by atoms with van der Waals surface area (Å²) in [6.45, 7) is 2.34. The molecule has 2 amide bonds. The predicted octanol–water partition coefficient (Wildman–Crippen LogP) is 1.92. The first-order valence-corrected chi connectivity index (χ1v) is 7.91. The molecule has 128 valence electrons. The van der Waals surface area contributed by atoms with E-state index in [2.05, 4.69) is 22.5 Å². The molecule has 0 bridgehead atoms. The van der Waals surface area contributed by atoms with Crippen LogP contribution in [0.1, 0.15) is 15.9 Å². The van der Waals surface area contributed by atoms with E-state index in [0.29, 0.717) is 5.56 Å². The zero-order chi connectivity index (χ0) is 17.9. The Labute approximate surface area is 147 Å². The van der Waals surface area contributed by atoms with Gasteiger partial charge in [0.2, 0.25) is 5.91 Å². The van der Waals surface area contributed by atoms with E-state index in [1.54, 1.807) is 24.3 Å². The Morgan fingerprint density at radius 1 is 0.960 bits per heavy atom. The van der Waals surface area contributed by atoms with Crippen LogP contribution in [0.3, 0.4) is 0 Å². The van der Waals surface area contributed by atoms with Gasteiger partial charge in [-0.25, -0.2) is 0 Å². The first-order chi connectivity index (χ1) is 12.2. The molecule has 0 aliphatic heterocycles. The van der Waals surface area contributed by atoms with Gasteiger partial charge in [0.15, 0.2) is 0 Å². The smallest absolute Gasteiger partial charge is 0.251 e. The predicted molar refractivity (Wildman–Crippen MR) is 96.2 cm³/mol. The Morgan fingerprint density at radius 2 is 1.68 bits per heavy atom. The van der Waals surface area contributed by atoms with Gasteiger partial charge in [-0.15, -0.1) is 0 Å². The molecule has 0 radical (unpaired) electrons. The Kier molecular flexibility index (Phi) is 7.08. The summed E-state index contributed by atoms with van der Waals surface area (Å²) < 4.78 is 5.53. The number of nitrogens with one attached hydrogen (secondary N) is 2. The summed E-state index contributed by atoms with van der Waals surface area (Å²) in [7, 11) is 0. The molecule has 2 aromatic carbocycles. The van der Waals surface area contributed by atoms with Crippen LogP contribution in [-0.2, 0) is 4.79 Å². The fourth-order valence-corrected chi connectivity index (χ4v) is 2.00. The zero-order valence-corrected chi connectivity index (χ0v) is 14.0. The highest BCUT2D eigenvalue weighted by atomic mass is 16.5. The van der Waals surface area contributed by atoms with Crippen LogP contribution in [0.25, 0.3) is 0 Å². The first-order valence-electron chi connectivity index (χ1n) is 7.91. The van der Waals surface area contributed by atoms with Gasteiger partial charge in [-0.1, -0.05) is 48.2 Å². The Hall–Kier alpha value is -3.26. The lowest BCUT2D eigenvalue weighted by Gasteiger charge is -2.05. The number of hydrogen-bond donors (Lipinski definition) is 2. The minimum Gasteiger partial charge on any atom is -0.481 e. The van der Waals surface area contributed by atoms with Gasteiger partial charge in [0.05, 0.1) is 13.1 Å². The number of rotatable bonds is 6. The lowest BCUT2D eigenvalue weighted by Crippen LogP contribution is -2.37. The van der Waals surface area contributed by atoms with Crippen LogP contribution < -0.4 is 15.4 Å². The Balaban J connectivity index is 1.63. The molecule has 5 nitrogen and oxygen atoms in total. The van der Waals surface area contributed by atoms with E-state index in [9.17, 15) is 9.59 Å². The maximum Gasteiger partial charge on any atom is 0.251 e. The van der Waals surface area contributed by atoms with Crippen LogP contribution in [-0.4, -0.2) is 31.5 Å². The van der Waals surface area contributed by atoms with Crippen LogP contribution in [0.4, 0.5) is 0 Å². The van der Waals surface area contributed by atoms with Gasteiger partial charge >= 0.3 is 0 Å². The minimum atomic E-state index is -0.293. The molecule has 0 fully saturated rings. The molecule has 25 heavy (non-hydrogen) atoms. The lowest BCUT2D eigenvalue weighted by molar-refractivity contribution is -0.119. The molecule has 0 aliphatic carbocycles. The van der Waals surface area contributed by atoms with Crippen molar-refractivity contribution in [3.8, 4) is 17.6 Å². The molecular weight excluding hydrogens is 316 g/mol. The van der Waals surface area contributed by atoms with Crippen LogP contribution in [0, 0.1) is 18.8 Å². The van der Waals surface area contributed by atoms with E-state index < -0.39 is 0 Å². The fourth-order valence-electron chi connectivity index (χ4n) is 2.00. The van der Waals surface area contributed by atoms with E-state index in [1.807, 2.05) is 37.3 Å². The lowest BCUT2D eigenvalue weighted by atomic mass is 10.2. The highest BCUT2D eigenvalue weighted by molar-refractivity contribution is 5.96. The van der Waals surface area contributed by atoms with E-state index >= 15 is 0 Å². The van der Waals surface area contributed by atoms with E-state index in [1.165, 1.54) is 0 Å². The van der Waals surface area contributed by atoms with Gasteiger partial charge < -0.3 is 15.4 Å². The van der Waals surface area contributed by atoms with Gasteiger partial charge in [0, 0.05) is 5.56 Å². The number of carbonyl (C=O) groups is 2. The third kappa shape index (κ3) is 6.40. The number of carbonyl (C=O) groups excluding carboxylic acids is 2. The molecule has 2 aromatic rings. The second-order valence-electron chi connectivity index (χ2n) is 5.23. The monoisotopic (exact) mass is 336 g/mol. The summed E-state index contributed by atoms with van der Waals surface area (Å²) in [6, 6.07) is 16.4. The third-order valence-electron chi connectivity index (χ3n) is 3.34. The van der Waals surface area contributed by atoms with Crippen molar-refractivity contribution in [3.63, 3.8) is 0 Å². The van der Waals surface area contributed by atoms with Gasteiger partial charge in [-0.3, -0.25) is 9.59 Å². The maximum absolute atomic E-state index is 11.8. The number of amides is 2. The number of benzene rings is 2. The topological polar surface area (TPSA) is 67.4 Å². The standard InChI is InChI=1S/C20H20N2O3/c1-16-9-5-6-12-18(16)25-14-8-7-13-21-19(23)15-22-20(24)17-10-3-2-4-11-17/h2-6,9-12H,13-15H2,1H3,(H,21,23)(H,22,24). The van der Waals surface area contributed by atoms with Crippen molar-refractivity contribution in [3.05, 3.63) is 65.7 Å². The maximum atomic E-state index is 11.8. The molecule has 0 aromatic heterocycles. The quantitative estimate of drug-likeness (QED) is 0.792. The molecule has 0 heterocycles. The van der Waals surface area contributed by atoms with Gasteiger partial charge in [-0.2, -0.15) is 0 Å². The van der Waals surface area contributed by atoms with Crippen molar-refractivity contribution < 1.29 is 14.3 Å². The van der Waals surface area contributed by atoms with Crippen molar-refractivity contribution in [2.75, 3.05) is 19.7 Å². The van der Waals surface area contributed by atoms with Crippen molar-refractivity contribution in [1.29, 1.82) is 0 Å². The minimum absolute atomic E-state index is 0.0882. The summed E-state index contributed by atoms with van der Waals surface area (Å²) in [5.41, 5.74) is 1.57. The third-order valence-corrected chi connectivity index (χ3v) is 3.34. The fraction of sp³-hybridized carbons (Fsp3) is 0.200. The average Bonchev–Trinajstić information content (AvgIpc) is 2.64. The van der Waals surface area contributed by atoms with Gasteiger partial charge in [-0.05, 0) is 30.7 Å². The van der Waals surface area contributed by atoms with Crippen LogP contribution in [0.5, 0.6) is 5.75 Å². The molecule has 0 saturated carbocycles. The molecular formula is C20H20N2O3. The van der Waals surface area contributed by atoms with Gasteiger partial charge in [0.25, 0.3) is 5.91 Å². The SMILES string of the molecule is Cc1ccccc1OCC#CCNC(=O)CNC(=O)c1ccccc1. The zero-order valence-electron chi connectivity index (χ0n) is 14.0. The molecule has 0 saturated heterocycles. The van der Waals surface area contributed by atoms with E-state index in [0.717, 1.165) is 11.3 Å². The second-order valence-corrected chi connectivity index (χ2v) is 5.23. The average molecular weight is 336 g/mol. The molecule has 0 aliphatic rings. The van der Waals surface area contributed by atoms with Crippen LogP contribution >= 0.6 is 0 Å². The largest absolute Gasteiger partial charge is 0.481 e. The summed E-state index contributed by atoms with van der Waals surface area (Å²) >= 11 is 0. The van der Waals surface area contributed by atoms with Crippen molar-refractivity contribution >= 4 is 11.8 Å². The highest BCUT2D eigenvalue weighted by Gasteiger charge is 2.06. The summed E-state index contributed by atoms with van der Waals surface area (Å²) in [6.07, 6.45) is 0. The molecule has 2 rings (SSSR count). The molecule has 2 N–H and O–H groups in total. The van der Waals surface area contributed by atoms with E-state index in [4.69, 9.17) is 4.74 Å². The molecule has 0 unspecified atom stereocenters. The van der Waals surface area contributed by atoms with Crippen molar-refractivity contribution in [2.45, 2.75) is 6.92 Å². The van der Waals surface area contributed by atoms with Gasteiger partial charge in [0.1, 0.15) is 12.4 Å². The first kappa shape index (κ1) is 18.1. The van der Waals surface area contributed by atoms with Crippen LogP contribution in [0.15, 0.2) is 54.6 Å². The highest BCUT2D eigenvalue weighted by Crippen LogP contribution is 2.15. The number of para-hydroxylation sites is 1. The Morgan fingerprint density at radius 3 is 2.44 bits per heavy atom. The number of aryl methyl sites for hydroxylation is 1.